The smallest absolute Gasteiger partial charge is 0.249 e. The SMILES string of the molecule is C.CCN1c2nc(CCc3cnn(Cc4ccc(F)cc4)c3)ncc2N(C)C(=O)[C@H]1C. The number of amides is 1. The monoisotopic (exact) mass is 424 g/mol. The van der Waals surface area contributed by atoms with Crippen LogP contribution >= 0.6 is 0 Å². The van der Waals surface area contributed by atoms with E-state index >= 15 is 0 Å². The van der Waals surface area contributed by atoms with E-state index in [0.29, 0.717) is 19.5 Å². The van der Waals surface area contributed by atoms with Crippen LogP contribution in [0, 0.1) is 5.82 Å². The molecular formula is C23H29FN6O. The first-order valence-electron chi connectivity index (χ1n) is 10.1. The number of aryl methyl sites for hydroxylation is 2. The van der Waals surface area contributed by atoms with E-state index in [1.165, 1.54) is 12.1 Å². The summed E-state index contributed by atoms with van der Waals surface area (Å²) in [7, 11) is 1.77. The highest BCUT2D eigenvalue weighted by Gasteiger charge is 2.34. The molecule has 1 amide bonds. The number of carbonyl (C=O) groups excluding carboxylic acids is 1. The van der Waals surface area contributed by atoms with Gasteiger partial charge in [0.25, 0.3) is 0 Å². The van der Waals surface area contributed by atoms with Crippen molar-refractivity contribution in [1.82, 2.24) is 19.7 Å². The molecule has 0 N–H and O–H groups in total. The van der Waals surface area contributed by atoms with Crippen LogP contribution in [0.15, 0.2) is 42.9 Å². The predicted molar refractivity (Wildman–Crippen MR) is 120 cm³/mol. The average molecular weight is 425 g/mol. The second-order valence-corrected chi connectivity index (χ2v) is 7.53. The van der Waals surface area contributed by atoms with Crippen molar-refractivity contribution >= 4 is 17.4 Å². The molecule has 0 aliphatic carbocycles. The number of benzene rings is 1. The molecule has 1 aromatic carbocycles. The number of likely N-dealkylation sites (N-methyl/N-ethyl adjacent to an activating group) is 2. The van der Waals surface area contributed by atoms with Crippen molar-refractivity contribution in [3.05, 3.63) is 65.6 Å². The minimum Gasteiger partial charge on any atom is -0.343 e. The van der Waals surface area contributed by atoms with Crippen molar-refractivity contribution in [2.24, 2.45) is 0 Å². The highest BCUT2D eigenvalue weighted by Crippen LogP contribution is 2.32. The third kappa shape index (κ3) is 4.57. The Morgan fingerprint density at radius 2 is 1.84 bits per heavy atom. The molecule has 1 atom stereocenters. The van der Waals surface area contributed by atoms with E-state index in [-0.39, 0.29) is 25.2 Å². The summed E-state index contributed by atoms with van der Waals surface area (Å²) < 4.78 is 14.9. The second-order valence-electron chi connectivity index (χ2n) is 7.53. The Labute approximate surface area is 182 Å². The van der Waals surface area contributed by atoms with Gasteiger partial charge in [-0.25, -0.2) is 14.4 Å². The summed E-state index contributed by atoms with van der Waals surface area (Å²) in [4.78, 5) is 25.3. The van der Waals surface area contributed by atoms with Crippen LogP contribution in [0.25, 0.3) is 0 Å². The third-order valence-electron chi connectivity index (χ3n) is 5.51. The molecule has 164 valence electrons. The van der Waals surface area contributed by atoms with E-state index in [1.54, 1.807) is 30.3 Å². The fourth-order valence-electron chi connectivity index (χ4n) is 3.76. The molecule has 1 aliphatic heterocycles. The molecule has 3 aromatic rings. The Hall–Kier alpha value is -3.29. The Kier molecular flexibility index (Phi) is 6.68. The van der Waals surface area contributed by atoms with Crippen LogP contribution in [0.2, 0.25) is 0 Å². The molecule has 4 rings (SSSR count). The molecule has 1 aliphatic rings. The number of halogens is 1. The molecular weight excluding hydrogens is 395 g/mol. The lowest BCUT2D eigenvalue weighted by Crippen LogP contribution is -2.51. The molecule has 0 saturated heterocycles. The highest BCUT2D eigenvalue weighted by molar-refractivity contribution is 6.03. The number of anilines is 2. The van der Waals surface area contributed by atoms with Crippen LogP contribution < -0.4 is 9.80 Å². The molecule has 0 spiro atoms. The van der Waals surface area contributed by atoms with Crippen LogP contribution in [0.3, 0.4) is 0 Å². The maximum atomic E-state index is 13.0. The zero-order valence-corrected chi connectivity index (χ0v) is 17.4. The number of aromatic nitrogens is 4. The Bertz CT molecular complexity index is 1050. The van der Waals surface area contributed by atoms with Crippen molar-refractivity contribution in [2.75, 3.05) is 23.4 Å². The topological polar surface area (TPSA) is 67.2 Å². The molecule has 7 nitrogen and oxygen atoms in total. The Morgan fingerprint density at radius 3 is 2.55 bits per heavy atom. The van der Waals surface area contributed by atoms with Gasteiger partial charge in [-0.3, -0.25) is 9.48 Å². The number of hydrogen-bond acceptors (Lipinski definition) is 5. The maximum Gasteiger partial charge on any atom is 0.249 e. The summed E-state index contributed by atoms with van der Waals surface area (Å²) in [5.41, 5.74) is 2.83. The van der Waals surface area contributed by atoms with Gasteiger partial charge in [-0.1, -0.05) is 19.6 Å². The molecule has 0 bridgehead atoms. The number of carbonyl (C=O) groups is 1. The van der Waals surface area contributed by atoms with Crippen LogP contribution in [0.5, 0.6) is 0 Å². The number of rotatable bonds is 6. The minimum absolute atomic E-state index is 0. The standard InChI is InChI=1S/C22H25FN6O.CH4/c1-4-29-15(2)22(30)27(3)19-12-24-20(26-21(19)29)10-7-17-11-25-28(14-17)13-16-5-8-18(23)9-6-16;/h5-6,8-9,11-12,14-15H,4,7,10,13H2,1-3H3;1H4/t15-;/m1./s1. The van der Waals surface area contributed by atoms with Crippen LogP contribution in [-0.4, -0.2) is 45.3 Å². The van der Waals surface area contributed by atoms with Gasteiger partial charge >= 0.3 is 0 Å². The van der Waals surface area contributed by atoms with Gasteiger partial charge in [0.15, 0.2) is 5.82 Å². The van der Waals surface area contributed by atoms with Crippen molar-refractivity contribution in [2.45, 2.75) is 46.7 Å². The fraction of sp³-hybridized carbons (Fsp3) is 0.391. The molecule has 31 heavy (non-hydrogen) atoms. The van der Waals surface area contributed by atoms with Crippen LogP contribution in [0.1, 0.15) is 38.2 Å². The highest BCUT2D eigenvalue weighted by atomic mass is 19.1. The molecule has 0 unspecified atom stereocenters. The number of fused-ring (bicyclic) bond motifs is 1. The van der Waals surface area contributed by atoms with Gasteiger partial charge in [0.05, 0.1) is 18.9 Å². The van der Waals surface area contributed by atoms with E-state index < -0.39 is 0 Å². The summed E-state index contributed by atoms with van der Waals surface area (Å²) in [6.07, 6.45) is 7.02. The zero-order valence-electron chi connectivity index (χ0n) is 17.4. The van der Waals surface area contributed by atoms with Crippen molar-refractivity contribution in [1.29, 1.82) is 0 Å². The van der Waals surface area contributed by atoms with E-state index in [1.807, 2.05) is 35.8 Å². The lowest BCUT2D eigenvalue weighted by atomic mass is 10.1. The van der Waals surface area contributed by atoms with Gasteiger partial charge < -0.3 is 9.80 Å². The number of hydrogen-bond donors (Lipinski definition) is 0. The van der Waals surface area contributed by atoms with E-state index in [4.69, 9.17) is 4.98 Å². The third-order valence-corrected chi connectivity index (χ3v) is 5.51. The molecule has 2 aromatic heterocycles. The summed E-state index contributed by atoms with van der Waals surface area (Å²) in [5.74, 6) is 1.36. The predicted octanol–water partition coefficient (Wildman–Crippen LogP) is 3.47. The van der Waals surface area contributed by atoms with Crippen molar-refractivity contribution in [3.63, 3.8) is 0 Å². The summed E-state index contributed by atoms with van der Waals surface area (Å²) in [6, 6.07) is 6.21. The second kappa shape index (κ2) is 9.24. The first kappa shape index (κ1) is 22.4. The molecule has 8 heteroatoms. The van der Waals surface area contributed by atoms with E-state index in [9.17, 15) is 9.18 Å². The lowest BCUT2D eigenvalue weighted by Gasteiger charge is -2.38. The van der Waals surface area contributed by atoms with Gasteiger partial charge in [-0.05, 0) is 43.5 Å². The van der Waals surface area contributed by atoms with E-state index in [2.05, 4.69) is 10.1 Å². The maximum absolute atomic E-state index is 13.0. The van der Waals surface area contributed by atoms with Gasteiger partial charge in [-0.15, -0.1) is 0 Å². The lowest BCUT2D eigenvalue weighted by molar-refractivity contribution is -0.119. The largest absolute Gasteiger partial charge is 0.343 e. The molecule has 0 saturated carbocycles. The summed E-state index contributed by atoms with van der Waals surface area (Å²) in [5, 5.41) is 4.40. The van der Waals surface area contributed by atoms with Gasteiger partial charge in [-0.2, -0.15) is 5.10 Å². The van der Waals surface area contributed by atoms with Gasteiger partial charge in [0.2, 0.25) is 5.91 Å². The minimum atomic E-state index is -0.239. The van der Waals surface area contributed by atoms with Gasteiger partial charge in [0.1, 0.15) is 23.4 Å². The summed E-state index contributed by atoms with van der Waals surface area (Å²) in [6.45, 7) is 5.23. The Morgan fingerprint density at radius 1 is 1.10 bits per heavy atom. The zero-order chi connectivity index (χ0) is 21.3. The van der Waals surface area contributed by atoms with Crippen molar-refractivity contribution in [3.8, 4) is 0 Å². The van der Waals surface area contributed by atoms with Crippen molar-refractivity contribution < 1.29 is 9.18 Å². The van der Waals surface area contributed by atoms with Gasteiger partial charge in [0, 0.05) is 26.2 Å². The first-order chi connectivity index (χ1) is 14.5. The Balaban J connectivity index is 0.00000272. The fourth-order valence-corrected chi connectivity index (χ4v) is 3.76. The first-order valence-corrected chi connectivity index (χ1v) is 10.1. The number of nitrogens with zero attached hydrogens (tertiary/aromatic N) is 6. The average Bonchev–Trinajstić information content (AvgIpc) is 3.20. The van der Waals surface area contributed by atoms with E-state index in [0.717, 1.165) is 34.9 Å². The quantitative estimate of drug-likeness (QED) is 0.606. The summed E-state index contributed by atoms with van der Waals surface area (Å²) >= 11 is 0. The normalized spacial score (nSPS) is 15.6. The molecule has 0 radical (unpaired) electrons. The molecule has 0 fully saturated rings. The molecule has 3 heterocycles. The van der Waals surface area contributed by atoms with Crippen LogP contribution in [-0.2, 0) is 24.2 Å². The van der Waals surface area contributed by atoms with Crippen LogP contribution in [0.4, 0.5) is 15.9 Å².